The second-order valence-corrected chi connectivity index (χ2v) is 10.9. The first-order valence-corrected chi connectivity index (χ1v) is 13.1. The first-order chi connectivity index (χ1) is 18.5. The Balaban J connectivity index is 1.30. The lowest BCUT2D eigenvalue weighted by molar-refractivity contribution is 0.000550. The van der Waals surface area contributed by atoms with E-state index in [9.17, 15) is 14.0 Å². The minimum absolute atomic E-state index is 0.0579. The van der Waals surface area contributed by atoms with Gasteiger partial charge in [-0.05, 0) is 81.8 Å². The van der Waals surface area contributed by atoms with Crippen molar-refractivity contribution in [1.29, 1.82) is 0 Å². The number of nitrogens with one attached hydrogen (secondary N) is 1. The summed E-state index contributed by atoms with van der Waals surface area (Å²) in [5.41, 5.74) is 2.57. The molecular formula is C30H36FN5O3. The monoisotopic (exact) mass is 533 g/mol. The lowest BCUT2D eigenvalue weighted by atomic mass is 10.1. The molecule has 1 atom stereocenters. The molecule has 2 heterocycles. The number of nitrogens with zero attached hydrogens (tertiary/aromatic N) is 4. The number of pyridine rings is 1. The van der Waals surface area contributed by atoms with Crippen molar-refractivity contribution in [3.63, 3.8) is 0 Å². The maximum absolute atomic E-state index is 13.1. The van der Waals surface area contributed by atoms with Crippen LogP contribution in [0.3, 0.4) is 0 Å². The molecule has 39 heavy (non-hydrogen) atoms. The Bertz CT molecular complexity index is 1270. The van der Waals surface area contributed by atoms with Gasteiger partial charge in [-0.2, -0.15) is 0 Å². The topological polar surface area (TPSA) is 78.0 Å². The van der Waals surface area contributed by atoms with Gasteiger partial charge in [-0.3, -0.25) is 9.69 Å². The van der Waals surface area contributed by atoms with Gasteiger partial charge in [-0.25, -0.2) is 14.2 Å². The summed E-state index contributed by atoms with van der Waals surface area (Å²) in [5.74, 6) is 0.0836. The highest BCUT2D eigenvalue weighted by Gasteiger charge is 2.30. The summed E-state index contributed by atoms with van der Waals surface area (Å²) in [6.45, 7) is 10.6. The number of anilines is 3. The molecule has 1 fully saturated rings. The third-order valence-electron chi connectivity index (χ3n) is 6.50. The predicted molar refractivity (Wildman–Crippen MR) is 151 cm³/mol. The predicted octanol–water partition coefficient (Wildman–Crippen LogP) is 5.68. The van der Waals surface area contributed by atoms with Crippen LogP contribution in [0.15, 0.2) is 66.9 Å². The number of piperazine rings is 1. The molecule has 0 bridgehead atoms. The first-order valence-electron chi connectivity index (χ1n) is 13.1. The highest BCUT2D eigenvalue weighted by Crippen LogP contribution is 2.21. The molecule has 1 aromatic heterocycles. The van der Waals surface area contributed by atoms with Crippen molar-refractivity contribution in [3.8, 4) is 0 Å². The Morgan fingerprint density at radius 2 is 1.74 bits per heavy atom. The molecule has 0 spiro atoms. The number of hydrogen-bond acceptors (Lipinski definition) is 6. The molecule has 0 aliphatic carbocycles. The lowest BCUT2D eigenvalue weighted by Crippen LogP contribution is -2.54. The Kier molecular flexibility index (Phi) is 8.50. The molecule has 1 saturated heterocycles. The summed E-state index contributed by atoms with van der Waals surface area (Å²) < 4.78 is 18.6. The van der Waals surface area contributed by atoms with Gasteiger partial charge in [0.1, 0.15) is 17.2 Å². The molecule has 8 nitrogen and oxygen atoms in total. The zero-order valence-electron chi connectivity index (χ0n) is 23.1. The van der Waals surface area contributed by atoms with E-state index in [1.54, 1.807) is 41.1 Å². The van der Waals surface area contributed by atoms with Crippen LogP contribution in [0.1, 0.15) is 43.6 Å². The molecule has 206 valence electrons. The molecule has 0 unspecified atom stereocenters. The van der Waals surface area contributed by atoms with E-state index in [0.29, 0.717) is 23.6 Å². The smallest absolute Gasteiger partial charge is 0.410 e. The second-order valence-electron chi connectivity index (χ2n) is 10.9. The van der Waals surface area contributed by atoms with E-state index in [-0.39, 0.29) is 23.9 Å². The van der Waals surface area contributed by atoms with Gasteiger partial charge < -0.3 is 19.9 Å². The Labute approximate surface area is 229 Å². The average molecular weight is 534 g/mol. The highest BCUT2D eigenvalue weighted by molar-refractivity contribution is 6.05. The van der Waals surface area contributed by atoms with E-state index >= 15 is 0 Å². The Morgan fingerprint density at radius 3 is 2.33 bits per heavy atom. The molecule has 4 rings (SSSR count). The number of rotatable bonds is 6. The van der Waals surface area contributed by atoms with E-state index in [2.05, 4.69) is 15.2 Å². The van der Waals surface area contributed by atoms with Crippen LogP contribution in [0.25, 0.3) is 0 Å². The molecule has 2 amide bonds. The fourth-order valence-corrected chi connectivity index (χ4v) is 4.44. The Hall–Kier alpha value is -3.98. The van der Waals surface area contributed by atoms with Gasteiger partial charge in [0.15, 0.2) is 0 Å². The van der Waals surface area contributed by atoms with Crippen molar-refractivity contribution in [3.05, 3.63) is 83.8 Å². The van der Waals surface area contributed by atoms with Crippen LogP contribution < -0.4 is 10.2 Å². The third kappa shape index (κ3) is 7.54. The molecular weight excluding hydrogens is 497 g/mol. The second kappa shape index (κ2) is 11.8. The number of hydrogen-bond donors (Lipinski definition) is 1. The third-order valence-corrected chi connectivity index (χ3v) is 6.50. The van der Waals surface area contributed by atoms with Crippen LogP contribution in [0.2, 0.25) is 0 Å². The number of carbonyl (C=O) groups excluding carboxylic acids is 2. The molecule has 3 aromatic rings. The minimum Gasteiger partial charge on any atom is -0.444 e. The molecule has 0 saturated carbocycles. The maximum atomic E-state index is 13.1. The number of amides is 2. The number of benzene rings is 2. The van der Waals surface area contributed by atoms with Gasteiger partial charge in [-0.15, -0.1) is 0 Å². The van der Waals surface area contributed by atoms with Crippen LogP contribution in [-0.4, -0.2) is 65.1 Å². The SMILES string of the molecule is C[C@H]1CN(Cc2ccc(N(C)C(=O)c3ccc(Nc4ccc(F)cc4)nc3)cc2)CCN1C(=O)OC(C)(C)C. The molecule has 1 aliphatic heterocycles. The van der Waals surface area contributed by atoms with E-state index in [4.69, 9.17) is 4.74 Å². The van der Waals surface area contributed by atoms with Crippen molar-refractivity contribution >= 4 is 29.2 Å². The number of halogens is 1. The summed E-state index contributed by atoms with van der Waals surface area (Å²) in [5, 5.41) is 3.09. The van der Waals surface area contributed by atoms with Gasteiger partial charge in [0.25, 0.3) is 5.91 Å². The number of aromatic nitrogens is 1. The Morgan fingerprint density at radius 1 is 1.05 bits per heavy atom. The van der Waals surface area contributed by atoms with Crippen LogP contribution >= 0.6 is 0 Å². The number of ether oxygens (including phenoxy) is 1. The van der Waals surface area contributed by atoms with Crippen molar-refractivity contribution in [2.24, 2.45) is 0 Å². The van der Waals surface area contributed by atoms with Crippen LogP contribution in [0.4, 0.5) is 26.4 Å². The van der Waals surface area contributed by atoms with Gasteiger partial charge in [0, 0.05) is 56.8 Å². The van der Waals surface area contributed by atoms with E-state index in [1.165, 1.54) is 18.3 Å². The van der Waals surface area contributed by atoms with E-state index in [1.807, 2.05) is 52.0 Å². The zero-order chi connectivity index (χ0) is 28.2. The van der Waals surface area contributed by atoms with Crippen LogP contribution in [0, 0.1) is 5.82 Å². The maximum Gasteiger partial charge on any atom is 0.410 e. The summed E-state index contributed by atoms with van der Waals surface area (Å²) >= 11 is 0. The molecule has 0 radical (unpaired) electrons. The number of carbonyl (C=O) groups is 2. The van der Waals surface area contributed by atoms with Crippen molar-refractivity contribution in [1.82, 2.24) is 14.8 Å². The highest BCUT2D eigenvalue weighted by atomic mass is 19.1. The summed E-state index contributed by atoms with van der Waals surface area (Å²) in [4.78, 5) is 35.6. The van der Waals surface area contributed by atoms with Gasteiger partial charge in [0.2, 0.25) is 0 Å². The van der Waals surface area contributed by atoms with Gasteiger partial charge >= 0.3 is 6.09 Å². The quantitative estimate of drug-likeness (QED) is 0.439. The minimum atomic E-state index is -0.507. The van der Waals surface area contributed by atoms with E-state index < -0.39 is 5.60 Å². The van der Waals surface area contributed by atoms with Crippen LogP contribution in [-0.2, 0) is 11.3 Å². The fraction of sp³-hybridized carbons (Fsp3) is 0.367. The van der Waals surface area contributed by atoms with E-state index in [0.717, 1.165) is 30.9 Å². The fourth-order valence-electron chi connectivity index (χ4n) is 4.44. The zero-order valence-corrected chi connectivity index (χ0v) is 23.1. The van der Waals surface area contributed by atoms with Gasteiger partial charge in [0.05, 0.1) is 5.56 Å². The summed E-state index contributed by atoms with van der Waals surface area (Å²) in [6.07, 6.45) is 1.26. The van der Waals surface area contributed by atoms with Gasteiger partial charge in [-0.1, -0.05) is 12.1 Å². The van der Waals surface area contributed by atoms with Crippen molar-refractivity contribution in [2.75, 3.05) is 36.9 Å². The standard InChI is InChI=1S/C30H36FN5O3/c1-21-19-35(16-17-36(21)29(38)39-30(2,3)4)20-22-6-13-26(14-7-22)34(5)28(37)23-8-15-27(32-18-23)33-25-11-9-24(31)10-12-25/h6-15,18,21H,16-17,19-20H2,1-5H3,(H,32,33)/t21-/m0/s1. The van der Waals surface area contributed by atoms with Crippen molar-refractivity contribution in [2.45, 2.75) is 45.9 Å². The lowest BCUT2D eigenvalue weighted by Gasteiger charge is -2.40. The normalized spacial score (nSPS) is 16.1. The average Bonchev–Trinajstić information content (AvgIpc) is 2.89. The molecule has 1 aliphatic rings. The largest absolute Gasteiger partial charge is 0.444 e. The molecule has 9 heteroatoms. The molecule has 2 aromatic carbocycles. The summed E-state index contributed by atoms with van der Waals surface area (Å²) in [6, 6.07) is 17.4. The molecule has 1 N–H and O–H groups in total. The van der Waals surface area contributed by atoms with Crippen molar-refractivity contribution < 1.29 is 18.7 Å². The first kappa shape index (κ1) is 28.0. The van der Waals surface area contributed by atoms with Crippen LogP contribution in [0.5, 0.6) is 0 Å². The summed E-state index contributed by atoms with van der Waals surface area (Å²) in [7, 11) is 1.74.